The Balaban J connectivity index is 2.23. The van der Waals surface area contributed by atoms with Gasteiger partial charge in [-0.2, -0.15) is 5.26 Å². The van der Waals surface area contributed by atoms with Gasteiger partial charge in [-0.1, -0.05) is 17.7 Å². The molecule has 19 heavy (non-hydrogen) atoms. The van der Waals surface area contributed by atoms with Crippen LogP contribution in [0.25, 0.3) is 0 Å². The van der Waals surface area contributed by atoms with Gasteiger partial charge in [0.25, 0.3) is 5.91 Å². The van der Waals surface area contributed by atoms with E-state index >= 15 is 0 Å². The molecular weight excluding hydrogens is 260 g/mol. The molecule has 0 aliphatic heterocycles. The number of hydrogen-bond donors (Lipinski definition) is 1. The number of carbonyl (C=O) groups is 1. The summed E-state index contributed by atoms with van der Waals surface area (Å²) in [4.78, 5) is 12.1. The maximum atomic E-state index is 12.1. The van der Waals surface area contributed by atoms with E-state index in [0.29, 0.717) is 21.8 Å². The van der Waals surface area contributed by atoms with Gasteiger partial charge in [0.2, 0.25) is 0 Å². The van der Waals surface area contributed by atoms with Crippen LogP contribution in [0.5, 0.6) is 0 Å². The Hall–Kier alpha value is -2.31. The smallest absolute Gasteiger partial charge is 0.255 e. The summed E-state index contributed by atoms with van der Waals surface area (Å²) in [5.41, 5.74) is 2.50. The van der Waals surface area contributed by atoms with Gasteiger partial charge < -0.3 is 5.32 Å². The fourth-order valence-corrected chi connectivity index (χ4v) is 2.03. The molecule has 0 saturated heterocycles. The second-order valence-electron chi connectivity index (χ2n) is 4.16. The number of amides is 1. The van der Waals surface area contributed by atoms with Gasteiger partial charge in [0, 0.05) is 16.3 Å². The average molecular weight is 271 g/mol. The first-order valence-corrected chi connectivity index (χ1v) is 6.05. The lowest BCUT2D eigenvalue weighted by Gasteiger charge is -2.06. The molecule has 0 bridgehead atoms. The van der Waals surface area contributed by atoms with Gasteiger partial charge in [-0.15, -0.1) is 0 Å². The highest BCUT2D eigenvalue weighted by molar-refractivity contribution is 6.31. The molecule has 0 unspecified atom stereocenters. The van der Waals surface area contributed by atoms with Crippen molar-refractivity contribution in [3.8, 4) is 6.07 Å². The van der Waals surface area contributed by atoms with E-state index < -0.39 is 0 Å². The fourth-order valence-electron chi connectivity index (χ4n) is 1.74. The summed E-state index contributed by atoms with van der Waals surface area (Å²) in [6, 6.07) is 13.9. The molecule has 2 aromatic carbocycles. The predicted octanol–water partition coefficient (Wildman–Crippen LogP) is 3.77. The first kappa shape index (κ1) is 13.1. The normalized spacial score (nSPS) is 9.74. The van der Waals surface area contributed by atoms with Crippen molar-refractivity contribution in [2.75, 3.05) is 5.32 Å². The molecule has 0 spiro atoms. The lowest BCUT2D eigenvalue weighted by molar-refractivity contribution is 0.102. The van der Waals surface area contributed by atoms with Crippen LogP contribution in [0.2, 0.25) is 5.02 Å². The van der Waals surface area contributed by atoms with E-state index in [4.69, 9.17) is 16.9 Å². The van der Waals surface area contributed by atoms with Gasteiger partial charge in [0.15, 0.2) is 0 Å². The first-order chi connectivity index (χ1) is 9.08. The number of aryl methyl sites for hydroxylation is 1. The zero-order valence-corrected chi connectivity index (χ0v) is 11.0. The number of nitriles is 1. The van der Waals surface area contributed by atoms with Crippen LogP contribution in [0, 0.1) is 18.3 Å². The quantitative estimate of drug-likeness (QED) is 0.903. The molecule has 2 rings (SSSR count). The molecule has 0 fully saturated rings. The second kappa shape index (κ2) is 5.55. The Kier molecular flexibility index (Phi) is 3.84. The van der Waals surface area contributed by atoms with Crippen molar-refractivity contribution in [3.63, 3.8) is 0 Å². The van der Waals surface area contributed by atoms with E-state index in [1.165, 1.54) is 0 Å². The van der Waals surface area contributed by atoms with Crippen LogP contribution in [-0.2, 0) is 0 Å². The summed E-state index contributed by atoms with van der Waals surface area (Å²) in [7, 11) is 0. The Morgan fingerprint density at radius 1 is 1.26 bits per heavy atom. The van der Waals surface area contributed by atoms with E-state index in [1.807, 2.05) is 13.0 Å². The molecule has 1 amide bonds. The maximum Gasteiger partial charge on any atom is 0.255 e. The predicted molar refractivity (Wildman–Crippen MR) is 75.3 cm³/mol. The van der Waals surface area contributed by atoms with E-state index in [9.17, 15) is 4.79 Å². The number of halogens is 1. The van der Waals surface area contributed by atoms with Gasteiger partial charge in [-0.25, -0.2) is 0 Å². The summed E-state index contributed by atoms with van der Waals surface area (Å²) in [6.07, 6.45) is 0. The molecule has 1 N–H and O–H groups in total. The summed E-state index contributed by atoms with van der Waals surface area (Å²) >= 11 is 5.92. The molecule has 0 atom stereocenters. The monoisotopic (exact) mass is 270 g/mol. The van der Waals surface area contributed by atoms with Gasteiger partial charge >= 0.3 is 0 Å². The number of hydrogen-bond acceptors (Lipinski definition) is 2. The zero-order chi connectivity index (χ0) is 13.8. The van der Waals surface area contributed by atoms with Crippen LogP contribution < -0.4 is 5.32 Å². The summed E-state index contributed by atoms with van der Waals surface area (Å²) in [6.45, 7) is 1.87. The number of anilines is 1. The molecule has 94 valence electrons. The third-order valence-electron chi connectivity index (χ3n) is 2.55. The topological polar surface area (TPSA) is 52.9 Å². The molecule has 0 saturated carbocycles. The van der Waals surface area contributed by atoms with Crippen molar-refractivity contribution in [1.82, 2.24) is 0 Å². The lowest BCUT2D eigenvalue weighted by atomic mass is 10.1. The van der Waals surface area contributed by atoms with Gasteiger partial charge in [-0.3, -0.25) is 4.79 Å². The fraction of sp³-hybridized carbons (Fsp3) is 0.0667. The Labute approximate surface area is 116 Å². The maximum absolute atomic E-state index is 12.1. The Morgan fingerprint density at radius 2 is 2.05 bits per heavy atom. The highest BCUT2D eigenvalue weighted by atomic mass is 35.5. The number of carbonyl (C=O) groups excluding carboxylic acids is 1. The number of rotatable bonds is 2. The highest BCUT2D eigenvalue weighted by Gasteiger charge is 2.08. The molecule has 2 aromatic rings. The lowest BCUT2D eigenvalue weighted by Crippen LogP contribution is -2.12. The van der Waals surface area contributed by atoms with Crippen molar-refractivity contribution in [2.24, 2.45) is 0 Å². The minimum Gasteiger partial charge on any atom is -0.322 e. The minimum absolute atomic E-state index is 0.249. The largest absolute Gasteiger partial charge is 0.322 e. The van der Waals surface area contributed by atoms with Crippen molar-refractivity contribution >= 4 is 23.2 Å². The molecule has 0 aliphatic carbocycles. The van der Waals surface area contributed by atoms with Crippen LogP contribution in [0.1, 0.15) is 21.5 Å². The number of nitrogens with zero attached hydrogens (tertiary/aromatic N) is 1. The highest BCUT2D eigenvalue weighted by Crippen LogP contribution is 2.17. The molecule has 3 nitrogen and oxygen atoms in total. The molecule has 0 radical (unpaired) electrons. The van der Waals surface area contributed by atoms with Gasteiger partial charge in [0.1, 0.15) is 0 Å². The van der Waals surface area contributed by atoms with Crippen LogP contribution >= 0.6 is 11.6 Å². The SMILES string of the molecule is Cc1cc(Cl)cc(C(=O)Nc2cccc(C#N)c2)c1. The average Bonchev–Trinajstić information content (AvgIpc) is 2.37. The summed E-state index contributed by atoms with van der Waals surface area (Å²) < 4.78 is 0. The second-order valence-corrected chi connectivity index (χ2v) is 4.60. The third-order valence-corrected chi connectivity index (χ3v) is 2.77. The van der Waals surface area contributed by atoms with Crippen molar-refractivity contribution in [1.29, 1.82) is 5.26 Å². The van der Waals surface area contributed by atoms with Crippen molar-refractivity contribution < 1.29 is 4.79 Å². The van der Waals surface area contributed by atoms with Crippen LogP contribution in [0.3, 0.4) is 0 Å². The molecule has 0 aliphatic rings. The summed E-state index contributed by atoms with van der Waals surface area (Å²) in [5.74, 6) is -0.249. The van der Waals surface area contributed by atoms with Gasteiger partial charge in [-0.05, 0) is 48.9 Å². The molecular formula is C15H11ClN2O. The van der Waals surface area contributed by atoms with Crippen LogP contribution in [-0.4, -0.2) is 5.91 Å². The van der Waals surface area contributed by atoms with Crippen LogP contribution in [0.15, 0.2) is 42.5 Å². The molecule has 0 aromatic heterocycles. The van der Waals surface area contributed by atoms with E-state index in [2.05, 4.69) is 5.32 Å². The van der Waals surface area contributed by atoms with E-state index in [1.54, 1.807) is 42.5 Å². The van der Waals surface area contributed by atoms with Crippen molar-refractivity contribution in [2.45, 2.75) is 6.92 Å². The van der Waals surface area contributed by atoms with Crippen LogP contribution in [0.4, 0.5) is 5.69 Å². The Morgan fingerprint density at radius 3 is 2.74 bits per heavy atom. The Bertz CT molecular complexity index is 654. The molecule has 0 heterocycles. The van der Waals surface area contributed by atoms with E-state index in [0.717, 1.165) is 5.56 Å². The summed E-state index contributed by atoms with van der Waals surface area (Å²) in [5, 5.41) is 12.1. The number of nitrogens with one attached hydrogen (secondary N) is 1. The third kappa shape index (κ3) is 3.34. The van der Waals surface area contributed by atoms with Crippen molar-refractivity contribution in [3.05, 3.63) is 64.2 Å². The van der Waals surface area contributed by atoms with Gasteiger partial charge in [0.05, 0.1) is 11.6 Å². The van der Waals surface area contributed by atoms with E-state index in [-0.39, 0.29) is 5.91 Å². The minimum atomic E-state index is -0.249. The molecule has 4 heteroatoms. The number of benzene rings is 2. The zero-order valence-electron chi connectivity index (χ0n) is 10.3. The first-order valence-electron chi connectivity index (χ1n) is 5.67. The standard InChI is InChI=1S/C15H11ClN2O/c1-10-5-12(8-13(16)6-10)15(19)18-14-4-2-3-11(7-14)9-17/h2-8H,1H3,(H,18,19).